The standard InChI is InChI=1S/C15H9NO/c16-9-10-4-5-11-8-14-12(7-13(11)6-10)2-1-3-15(14)17/h1-8,17H. The third kappa shape index (κ3) is 1.49. The lowest BCUT2D eigenvalue weighted by molar-refractivity contribution is 0.481. The highest BCUT2D eigenvalue weighted by molar-refractivity contribution is 6.01. The third-order valence-corrected chi connectivity index (χ3v) is 2.94. The van der Waals surface area contributed by atoms with Crippen molar-refractivity contribution < 1.29 is 5.11 Å². The first-order chi connectivity index (χ1) is 8.28. The summed E-state index contributed by atoms with van der Waals surface area (Å²) in [6.07, 6.45) is 0. The normalized spacial score (nSPS) is 10.5. The number of benzene rings is 3. The smallest absolute Gasteiger partial charge is 0.123 e. The molecule has 0 amide bonds. The highest BCUT2D eigenvalue weighted by atomic mass is 16.3. The molecule has 0 aromatic heterocycles. The van der Waals surface area contributed by atoms with Gasteiger partial charge in [-0.05, 0) is 46.5 Å². The minimum absolute atomic E-state index is 0.286. The molecule has 0 radical (unpaired) electrons. The number of aromatic hydroxyl groups is 1. The predicted octanol–water partition coefficient (Wildman–Crippen LogP) is 3.57. The number of fused-ring (bicyclic) bond motifs is 2. The molecule has 2 heteroatoms. The minimum Gasteiger partial charge on any atom is -0.507 e. The zero-order valence-corrected chi connectivity index (χ0v) is 9.01. The topological polar surface area (TPSA) is 44.0 Å². The van der Waals surface area contributed by atoms with E-state index in [1.54, 1.807) is 12.1 Å². The van der Waals surface area contributed by atoms with Crippen LogP contribution in [0.3, 0.4) is 0 Å². The lowest BCUT2D eigenvalue weighted by Gasteiger charge is -2.04. The van der Waals surface area contributed by atoms with Crippen molar-refractivity contribution in [3.8, 4) is 11.8 Å². The lowest BCUT2D eigenvalue weighted by Crippen LogP contribution is -1.79. The molecule has 0 saturated carbocycles. The van der Waals surface area contributed by atoms with Crippen LogP contribution in [0, 0.1) is 11.3 Å². The van der Waals surface area contributed by atoms with E-state index in [4.69, 9.17) is 5.26 Å². The van der Waals surface area contributed by atoms with Crippen molar-refractivity contribution in [2.24, 2.45) is 0 Å². The van der Waals surface area contributed by atoms with Crippen molar-refractivity contribution in [1.29, 1.82) is 5.26 Å². The van der Waals surface area contributed by atoms with Crippen LogP contribution < -0.4 is 0 Å². The monoisotopic (exact) mass is 219 g/mol. The quantitative estimate of drug-likeness (QED) is 0.587. The summed E-state index contributed by atoms with van der Waals surface area (Å²) in [5.41, 5.74) is 0.650. The molecule has 0 aliphatic rings. The fraction of sp³-hybridized carbons (Fsp3) is 0. The zero-order chi connectivity index (χ0) is 11.8. The predicted molar refractivity (Wildman–Crippen MR) is 67.8 cm³/mol. The Hall–Kier alpha value is -2.53. The lowest BCUT2D eigenvalue weighted by atomic mass is 10.0. The molecule has 0 heterocycles. The summed E-state index contributed by atoms with van der Waals surface area (Å²) < 4.78 is 0. The zero-order valence-electron chi connectivity index (χ0n) is 9.01. The number of hydrogen-bond donors (Lipinski definition) is 1. The maximum atomic E-state index is 9.78. The molecule has 0 atom stereocenters. The third-order valence-electron chi connectivity index (χ3n) is 2.94. The summed E-state index contributed by atoms with van der Waals surface area (Å²) >= 11 is 0. The molecule has 3 aromatic rings. The first-order valence-electron chi connectivity index (χ1n) is 5.33. The molecule has 0 aliphatic heterocycles. The van der Waals surface area contributed by atoms with E-state index in [9.17, 15) is 5.11 Å². The number of hydrogen-bond acceptors (Lipinski definition) is 2. The maximum Gasteiger partial charge on any atom is 0.123 e. The van der Waals surface area contributed by atoms with Crippen LogP contribution in [0.15, 0.2) is 48.5 Å². The summed E-state index contributed by atoms with van der Waals surface area (Å²) in [6, 6.07) is 17.1. The van der Waals surface area contributed by atoms with Crippen molar-refractivity contribution in [3.05, 3.63) is 54.1 Å². The van der Waals surface area contributed by atoms with E-state index in [1.807, 2.05) is 36.4 Å². The van der Waals surface area contributed by atoms with Crippen molar-refractivity contribution in [2.45, 2.75) is 0 Å². The average molecular weight is 219 g/mol. The van der Waals surface area contributed by atoms with E-state index in [0.717, 1.165) is 21.5 Å². The van der Waals surface area contributed by atoms with Gasteiger partial charge >= 0.3 is 0 Å². The Balaban J connectivity index is 2.44. The Labute approximate surface area is 98.3 Å². The van der Waals surface area contributed by atoms with Gasteiger partial charge in [0.15, 0.2) is 0 Å². The minimum atomic E-state index is 0.286. The first kappa shape index (κ1) is 9.68. The van der Waals surface area contributed by atoms with Gasteiger partial charge in [-0.1, -0.05) is 18.2 Å². The van der Waals surface area contributed by atoms with Gasteiger partial charge in [-0.3, -0.25) is 0 Å². The molecule has 0 spiro atoms. The van der Waals surface area contributed by atoms with Gasteiger partial charge in [0, 0.05) is 5.39 Å². The number of nitriles is 1. The largest absolute Gasteiger partial charge is 0.507 e. The van der Waals surface area contributed by atoms with E-state index in [2.05, 4.69) is 6.07 Å². The Bertz CT molecular complexity index is 769. The molecule has 17 heavy (non-hydrogen) atoms. The molecule has 0 saturated heterocycles. The van der Waals surface area contributed by atoms with Crippen molar-refractivity contribution in [2.75, 3.05) is 0 Å². The SMILES string of the molecule is N#Cc1ccc2cc3c(O)cccc3cc2c1. The van der Waals surface area contributed by atoms with E-state index in [1.165, 1.54) is 0 Å². The Morgan fingerprint density at radius 2 is 1.76 bits per heavy atom. The molecule has 0 aliphatic carbocycles. The van der Waals surface area contributed by atoms with Gasteiger partial charge in [-0.2, -0.15) is 5.26 Å². The Kier molecular flexibility index (Phi) is 1.99. The number of rotatable bonds is 0. The molecule has 0 bridgehead atoms. The van der Waals surface area contributed by atoms with Crippen LogP contribution in [0.1, 0.15) is 5.56 Å². The Morgan fingerprint density at radius 3 is 2.59 bits per heavy atom. The van der Waals surface area contributed by atoms with E-state index < -0.39 is 0 Å². The van der Waals surface area contributed by atoms with Crippen LogP contribution in [-0.4, -0.2) is 5.11 Å². The van der Waals surface area contributed by atoms with Gasteiger partial charge in [-0.15, -0.1) is 0 Å². The van der Waals surface area contributed by atoms with Gasteiger partial charge < -0.3 is 5.11 Å². The summed E-state index contributed by atoms with van der Waals surface area (Å²) in [6.45, 7) is 0. The second-order valence-corrected chi connectivity index (χ2v) is 4.02. The van der Waals surface area contributed by atoms with Gasteiger partial charge in [0.05, 0.1) is 11.6 Å². The fourth-order valence-electron chi connectivity index (χ4n) is 2.08. The second-order valence-electron chi connectivity index (χ2n) is 4.02. The molecule has 3 aromatic carbocycles. The van der Waals surface area contributed by atoms with Crippen molar-refractivity contribution in [3.63, 3.8) is 0 Å². The Morgan fingerprint density at radius 1 is 0.882 bits per heavy atom. The van der Waals surface area contributed by atoms with Crippen LogP contribution in [0.4, 0.5) is 0 Å². The van der Waals surface area contributed by atoms with Crippen LogP contribution in [-0.2, 0) is 0 Å². The molecule has 1 N–H and O–H groups in total. The van der Waals surface area contributed by atoms with Crippen LogP contribution in [0.5, 0.6) is 5.75 Å². The number of phenolic OH excluding ortho intramolecular Hbond substituents is 1. The highest BCUT2D eigenvalue weighted by Gasteiger charge is 2.02. The number of phenols is 1. The highest BCUT2D eigenvalue weighted by Crippen LogP contribution is 2.29. The summed E-state index contributed by atoms with van der Waals surface area (Å²) in [4.78, 5) is 0. The van der Waals surface area contributed by atoms with Gasteiger partial charge in [0.25, 0.3) is 0 Å². The fourth-order valence-corrected chi connectivity index (χ4v) is 2.08. The maximum absolute atomic E-state index is 9.78. The second kappa shape index (κ2) is 3.50. The van der Waals surface area contributed by atoms with Gasteiger partial charge in [-0.25, -0.2) is 0 Å². The van der Waals surface area contributed by atoms with E-state index in [-0.39, 0.29) is 5.75 Å². The average Bonchev–Trinajstić information content (AvgIpc) is 2.36. The van der Waals surface area contributed by atoms with E-state index >= 15 is 0 Å². The first-order valence-corrected chi connectivity index (χ1v) is 5.33. The van der Waals surface area contributed by atoms with Gasteiger partial charge in [0.1, 0.15) is 5.75 Å². The van der Waals surface area contributed by atoms with Crippen LogP contribution in [0.2, 0.25) is 0 Å². The van der Waals surface area contributed by atoms with Crippen LogP contribution >= 0.6 is 0 Å². The number of nitrogens with zero attached hydrogens (tertiary/aromatic N) is 1. The molecule has 0 unspecified atom stereocenters. The summed E-state index contributed by atoms with van der Waals surface area (Å²) in [7, 11) is 0. The van der Waals surface area contributed by atoms with Crippen LogP contribution in [0.25, 0.3) is 21.5 Å². The van der Waals surface area contributed by atoms with E-state index in [0.29, 0.717) is 5.56 Å². The van der Waals surface area contributed by atoms with Crippen molar-refractivity contribution >= 4 is 21.5 Å². The summed E-state index contributed by atoms with van der Waals surface area (Å²) in [5, 5.41) is 22.5. The molecular formula is C15H9NO. The van der Waals surface area contributed by atoms with Gasteiger partial charge in [0.2, 0.25) is 0 Å². The molecular weight excluding hydrogens is 210 g/mol. The van der Waals surface area contributed by atoms with Crippen molar-refractivity contribution in [1.82, 2.24) is 0 Å². The summed E-state index contributed by atoms with van der Waals surface area (Å²) in [5.74, 6) is 0.286. The molecule has 3 rings (SSSR count). The molecule has 2 nitrogen and oxygen atoms in total. The molecule has 80 valence electrons. The molecule has 0 fully saturated rings.